The molecule has 0 saturated heterocycles. The molecular weight excluding hydrogens is 378 g/mol. The average molecular weight is 394 g/mol. The molecule has 2 aromatic carbocycles. The second kappa shape index (κ2) is 7.31. The number of halogens is 2. The summed E-state index contributed by atoms with van der Waals surface area (Å²) in [6.07, 6.45) is 4.39. The zero-order chi connectivity index (χ0) is 20.5. The third kappa shape index (κ3) is 3.52. The van der Waals surface area contributed by atoms with Crippen LogP contribution in [0.2, 0.25) is 0 Å². The molecule has 1 amide bonds. The Morgan fingerprint density at radius 3 is 2.66 bits per heavy atom. The number of hydrogen-bond donors (Lipinski definition) is 1. The first-order valence-electron chi connectivity index (χ1n) is 8.79. The van der Waals surface area contributed by atoms with E-state index in [9.17, 15) is 18.4 Å². The first kappa shape index (κ1) is 18.5. The van der Waals surface area contributed by atoms with Gasteiger partial charge in [0.05, 0.1) is 23.0 Å². The molecule has 1 N–H and O–H groups in total. The molecule has 0 saturated carbocycles. The summed E-state index contributed by atoms with van der Waals surface area (Å²) < 4.78 is 31.1. The van der Waals surface area contributed by atoms with Crippen LogP contribution in [0.25, 0.3) is 16.6 Å². The number of nitrogens with zero attached hydrogens (tertiary/aromatic N) is 3. The number of aryl methyl sites for hydroxylation is 1. The number of benzene rings is 2. The summed E-state index contributed by atoms with van der Waals surface area (Å²) in [5.41, 5.74) is 0.638. The molecule has 29 heavy (non-hydrogen) atoms. The summed E-state index contributed by atoms with van der Waals surface area (Å²) in [5.74, 6) is -1.46. The van der Waals surface area contributed by atoms with Crippen LogP contribution in [0.15, 0.2) is 65.8 Å². The topological polar surface area (TPSA) is 68.9 Å². The molecule has 0 radical (unpaired) electrons. The lowest BCUT2D eigenvalue weighted by Gasteiger charge is -2.15. The van der Waals surface area contributed by atoms with Crippen molar-refractivity contribution in [3.8, 4) is 5.69 Å². The van der Waals surface area contributed by atoms with Crippen molar-refractivity contribution in [2.75, 3.05) is 0 Å². The van der Waals surface area contributed by atoms with Gasteiger partial charge in [0.2, 0.25) is 0 Å². The van der Waals surface area contributed by atoms with E-state index in [1.54, 1.807) is 25.4 Å². The van der Waals surface area contributed by atoms with Gasteiger partial charge in [0, 0.05) is 36.9 Å². The van der Waals surface area contributed by atoms with E-state index in [-0.39, 0.29) is 34.1 Å². The number of carbonyl (C=O) groups excluding carboxylic acids is 1. The number of fused-ring (bicyclic) bond motifs is 1. The van der Waals surface area contributed by atoms with Crippen LogP contribution in [0, 0.1) is 11.6 Å². The van der Waals surface area contributed by atoms with E-state index in [1.807, 2.05) is 0 Å². The summed E-state index contributed by atoms with van der Waals surface area (Å²) in [6, 6.07) is 9.71. The van der Waals surface area contributed by atoms with E-state index in [0.717, 1.165) is 0 Å². The number of amides is 1. The van der Waals surface area contributed by atoms with Crippen molar-refractivity contribution in [1.29, 1.82) is 0 Å². The molecule has 8 heteroatoms. The molecule has 6 nitrogen and oxygen atoms in total. The summed E-state index contributed by atoms with van der Waals surface area (Å²) in [5, 5.41) is 6.83. The van der Waals surface area contributed by atoms with Crippen molar-refractivity contribution in [2.45, 2.75) is 6.54 Å². The second-order valence-corrected chi connectivity index (χ2v) is 6.55. The van der Waals surface area contributed by atoms with Crippen LogP contribution >= 0.6 is 0 Å². The van der Waals surface area contributed by atoms with Gasteiger partial charge in [-0.2, -0.15) is 5.10 Å². The van der Waals surface area contributed by atoms with Crippen molar-refractivity contribution in [1.82, 2.24) is 19.7 Å². The Balaban J connectivity index is 1.80. The predicted molar refractivity (Wildman–Crippen MR) is 104 cm³/mol. The maximum atomic E-state index is 14.4. The normalized spacial score (nSPS) is 11.0. The maximum absolute atomic E-state index is 14.4. The molecule has 0 fully saturated rings. The number of nitrogens with one attached hydrogen (secondary N) is 1. The molecule has 4 aromatic rings. The zero-order valence-corrected chi connectivity index (χ0v) is 15.4. The highest BCUT2D eigenvalue weighted by Gasteiger charge is 2.15. The molecule has 2 heterocycles. The maximum Gasteiger partial charge on any atom is 0.254 e. The predicted octanol–water partition coefficient (Wildman–Crippen LogP) is 2.93. The molecule has 0 spiro atoms. The molecule has 0 aliphatic carbocycles. The van der Waals surface area contributed by atoms with E-state index < -0.39 is 17.5 Å². The van der Waals surface area contributed by atoms with Gasteiger partial charge in [-0.3, -0.25) is 14.3 Å². The minimum Gasteiger partial charge on any atom is -0.348 e. The zero-order valence-electron chi connectivity index (χ0n) is 15.4. The fourth-order valence-electron chi connectivity index (χ4n) is 3.14. The minimum absolute atomic E-state index is 0.0751. The van der Waals surface area contributed by atoms with Crippen LogP contribution in [0.4, 0.5) is 8.78 Å². The summed E-state index contributed by atoms with van der Waals surface area (Å²) >= 11 is 0. The van der Waals surface area contributed by atoms with Gasteiger partial charge in [-0.25, -0.2) is 8.78 Å². The van der Waals surface area contributed by atoms with Crippen LogP contribution in [0.5, 0.6) is 0 Å². The van der Waals surface area contributed by atoms with Crippen LogP contribution in [0.1, 0.15) is 15.9 Å². The highest BCUT2D eigenvalue weighted by molar-refractivity contribution is 5.93. The van der Waals surface area contributed by atoms with Crippen LogP contribution in [0.3, 0.4) is 0 Å². The monoisotopic (exact) mass is 394 g/mol. The Kier molecular flexibility index (Phi) is 4.67. The number of para-hydroxylation sites is 1. The lowest BCUT2D eigenvalue weighted by Crippen LogP contribution is -2.26. The molecule has 4 rings (SSSR count). The molecule has 2 aromatic heterocycles. The van der Waals surface area contributed by atoms with Crippen molar-refractivity contribution in [3.05, 3.63) is 94.0 Å². The Morgan fingerprint density at radius 2 is 1.93 bits per heavy atom. The molecule has 0 atom stereocenters. The second-order valence-electron chi connectivity index (χ2n) is 6.55. The van der Waals surface area contributed by atoms with Gasteiger partial charge in [0.1, 0.15) is 11.6 Å². The highest BCUT2D eigenvalue weighted by Crippen LogP contribution is 2.21. The van der Waals surface area contributed by atoms with Gasteiger partial charge in [0.15, 0.2) is 5.43 Å². The van der Waals surface area contributed by atoms with Gasteiger partial charge in [-0.05, 0) is 30.3 Å². The third-order valence-corrected chi connectivity index (χ3v) is 4.56. The average Bonchev–Trinajstić information content (AvgIpc) is 3.14. The standard InChI is InChI=1S/C21H16F2N4O2/c1-26-11-14(10-25-26)21(29)24-9-13-12-27(18-5-3-2-4-17(18)23)19-8-15(22)6-7-16(19)20(13)28/h2-8,10-12H,9H2,1H3,(H,24,29). The fraction of sp³-hybridized carbons (Fsp3) is 0.0952. The molecule has 0 aliphatic rings. The summed E-state index contributed by atoms with van der Waals surface area (Å²) in [7, 11) is 1.69. The van der Waals surface area contributed by atoms with E-state index in [0.29, 0.717) is 5.56 Å². The largest absolute Gasteiger partial charge is 0.348 e. The Hall–Kier alpha value is -3.81. The molecule has 0 bridgehead atoms. The van der Waals surface area contributed by atoms with Gasteiger partial charge < -0.3 is 9.88 Å². The summed E-state index contributed by atoms with van der Waals surface area (Å²) in [6.45, 7) is -0.0751. The number of pyridine rings is 1. The smallest absolute Gasteiger partial charge is 0.254 e. The first-order chi connectivity index (χ1) is 13.9. The fourth-order valence-corrected chi connectivity index (χ4v) is 3.14. The first-order valence-corrected chi connectivity index (χ1v) is 8.79. The highest BCUT2D eigenvalue weighted by atomic mass is 19.1. The van der Waals surface area contributed by atoms with E-state index >= 15 is 0 Å². The van der Waals surface area contributed by atoms with Crippen molar-refractivity contribution >= 4 is 16.8 Å². The number of rotatable bonds is 4. The molecule has 0 aliphatic heterocycles. The SMILES string of the molecule is Cn1cc(C(=O)NCc2cn(-c3ccccc3F)c3cc(F)ccc3c2=O)cn1. The third-order valence-electron chi connectivity index (χ3n) is 4.56. The van der Waals surface area contributed by atoms with Crippen molar-refractivity contribution in [2.24, 2.45) is 7.05 Å². The van der Waals surface area contributed by atoms with Crippen LogP contribution in [-0.4, -0.2) is 20.3 Å². The quantitative estimate of drug-likeness (QED) is 0.579. The minimum atomic E-state index is -0.542. The number of carbonyl (C=O) groups is 1. The van der Waals surface area contributed by atoms with E-state index in [1.165, 1.54) is 52.0 Å². The molecular formula is C21H16F2N4O2. The van der Waals surface area contributed by atoms with Gasteiger partial charge in [-0.15, -0.1) is 0 Å². The number of aromatic nitrogens is 3. The van der Waals surface area contributed by atoms with Gasteiger partial charge in [-0.1, -0.05) is 12.1 Å². The molecule has 146 valence electrons. The summed E-state index contributed by atoms with van der Waals surface area (Å²) in [4.78, 5) is 25.1. The lowest BCUT2D eigenvalue weighted by molar-refractivity contribution is 0.0950. The van der Waals surface area contributed by atoms with Crippen LogP contribution in [-0.2, 0) is 13.6 Å². The van der Waals surface area contributed by atoms with Crippen molar-refractivity contribution < 1.29 is 13.6 Å². The van der Waals surface area contributed by atoms with Gasteiger partial charge in [0.25, 0.3) is 5.91 Å². The lowest BCUT2D eigenvalue weighted by atomic mass is 10.1. The molecule has 0 unspecified atom stereocenters. The van der Waals surface area contributed by atoms with Crippen LogP contribution < -0.4 is 10.7 Å². The van der Waals surface area contributed by atoms with Crippen molar-refractivity contribution in [3.63, 3.8) is 0 Å². The Bertz CT molecular complexity index is 1290. The number of hydrogen-bond acceptors (Lipinski definition) is 3. The van der Waals surface area contributed by atoms with E-state index in [2.05, 4.69) is 10.4 Å². The Labute approximate surface area is 164 Å². The van der Waals surface area contributed by atoms with E-state index in [4.69, 9.17) is 0 Å². The van der Waals surface area contributed by atoms with Gasteiger partial charge >= 0.3 is 0 Å². The Morgan fingerprint density at radius 1 is 1.14 bits per heavy atom.